The van der Waals surface area contributed by atoms with Gasteiger partial charge in [0.15, 0.2) is 0 Å². The summed E-state index contributed by atoms with van der Waals surface area (Å²) in [5, 5.41) is 0. The molecule has 5 aliphatic carbocycles. The van der Waals surface area contributed by atoms with Gasteiger partial charge in [0.25, 0.3) is 0 Å². The van der Waals surface area contributed by atoms with Crippen LogP contribution >= 0.6 is 0 Å². The Hall–Kier alpha value is -0.780. The van der Waals surface area contributed by atoms with E-state index in [9.17, 15) is 0 Å². The van der Waals surface area contributed by atoms with E-state index in [2.05, 4.69) is 43.4 Å². The Bertz CT molecular complexity index is 414. The highest BCUT2D eigenvalue weighted by Crippen LogP contribution is 2.52. The van der Waals surface area contributed by atoms with Gasteiger partial charge in [0.05, 0.1) is 0 Å². The van der Waals surface area contributed by atoms with Crippen molar-refractivity contribution in [2.75, 3.05) is 0 Å². The average molecular weight is 240 g/mol. The molecule has 0 heteroatoms. The predicted octanol–water partition coefficient (Wildman–Crippen LogP) is 4.60. The van der Waals surface area contributed by atoms with Crippen molar-refractivity contribution in [1.29, 1.82) is 0 Å². The van der Waals surface area contributed by atoms with Gasteiger partial charge < -0.3 is 0 Å². The van der Waals surface area contributed by atoms with E-state index >= 15 is 0 Å². The molecular formula is C18H24. The summed E-state index contributed by atoms with van der Waals surface area (Å²) in [6.45, 7) is 2.37. The first-order chi connectivity index (χ1) is 8.81. The molecule has 0 amide bonds. The van der Waals surface area contributed by atoms with Crippen LogP contribution in [-0.4, -0.2) is 0 Å². The molecule has 0 N–H and O–H groups in total. The highest BCUT2D eigenvalue weighted by Gasteiger charge is 2.44. The molecule has 0 saturated heterocycles. The molecule has 4 bridgehead atoms. The summed E-state index contributed by atoms with van der Waals surface area (Å²) < 4.78 is 0. The second-order valence-corrected chi connectivity index (χ2v) is 7.11. The maximum absolute atomic E-state index is 2.44. The van der Waals surface area contributed by atoms with E-state index in [-0.39, 0.29) is 0 Å². The van der Waals surface area contributed by atoms with Crippen molar-refractivity contribution in [3.63, 3.8) is 0 Å². The largest absolute Gasteiger partial charge is 0.0879 e. The van der Waals surface area contributed by atoms with E-state index < -0.39 is 0 Å². The van der Waals surface area contributed by atoms with Gasteiger partial charge in [-0.3, -0.25) is 0 Å². The van der Waals surface area contributed by atoms with Crippen molar-refractivity contribution < 1.29 is 0 Å². The van der Waals surface area contributed by atoms with Crippen molar-refractivity contribution in [3.8, 4) is 0 Å². The average Bonchev–Trinajstić information content (AvgIpc) is 3.15. The van der Waals surface area contributed by atoms with Gasteiger partial charge in [0.2, 0.25) is 0 Å². The van der Waals surface area contributed by atoms with E-state index in [0.29, 0.717) is 0 Å². The Morgan fingerprint density at radius 2 is 1.61 bits per heavy atom. The van der Waals surface area contributed by atoms with Crippen LogP contribution in [0.3, 0.4) is 0 Å². The zero-order chi connectivity index (χ0) is 12.1. The third-order valence-electron chi connectivity index (χ3n) is 6.07. The van der Waals surface area contributed by atoms with Gasteiger partial charge in [-0.2, -0.15) is 0 Å². The maximum Gasteiger partial charge on any atom is -0.0133 e. The first-order valence-electron chi connectivity index (χ1n) is 7.84. The highest BCUT2D eigenvalue weighted by molar-refractivity contribution is 5.21. The van der Waals surface area contributed by atoms with Crippen molar-refractivity contribution in [3.05, 3.63) is 36.5 Å². The molecule has 0 spiro atoms. The van der Waals surface area contributed by atoms with E-state index in [1.54, 1.807) is 0 Å². The Kier molecular flexibility index (Phi) is 2.53. The molecule has 7 unspecified atom stereocenters. The first kappa shape index (κ1) is 11.1. The summed E-state index contributed by atoms with van der Waals surface area (Å²) in [7, 11) is 0. The molecule has 0 radical (unpaired) electrons. The standard InChI is InChI=1S/C10H12.C8H12/c1-2-9-7-4-5-8(6-7)10(9)3-1;1-6-4-7-2-3-8(6)5-7/h1-2,4-5,7-10H,3,6H2;2-3,6-8H,4-5H2,1H3. The monoisotopic (exact) mass is 240 g/mol. The summed E-state index contributed by atoms with van der Waals surface area (Å²) in [5.41, 5.74) is 0. The maximum atomic E-state index is 2.44. The molecule has 2 saturated carbocycles. The fraction of sp³-hybridized carbons (Fsp3) is 0.667. The van der Waals surface area contributed by atoms with E-state index in [0.717, 1.165) is 41.4 Å². The van der Waals surface area contributed by atoms with Crippen molar-refractivity contribution in [2.45, 2.75) is 32.6 Å². The van der Waals surface area contributed by atoms with Crippen LogP contribution in [0.5, 0.6) is 0 Å². The Morgan fingerprint density at radius 3 is 2.22 bits per heavy atom. The minimum absolute atomic E-state index is 0.925. The van der Waals surface area contributed by atoms with Crippen LogP contribution in [0, 0.1) is 41.4 Å². The zero-order valence-electron chi connectivity index (χ0n) is 11.3. The normalized spacial score (nSPS) is 52.8. The van der Waals surface area contributed by atoms with Crippen LogP contribution in [0.4, 0.5) is 0 Å². The van der Waals surface area contributed by atoms with E-state index in [1.807, 2.05) is 0 Å². The second kappa shape index (κ2) is 4.11. The molecule has 5 rings (SSSR count). The quantitative estimate of drug-likeness (QED) is 0.543. The minimum Gasteiger partial charge on any atom is -0.0879 e. The summed E-state index contributed by atoms with van der Waals surface area (Å²) in [5.74, 6) is 6.74. The summed E-state index contributed by atoms with van der Waals surface area (Å²) in [6.07, 6.45) is 20.2. The van der Waals surface area contributed by atoms with Gasteiger partial charge in [0.1, 0.15) is 0 Å². The van der Waals surface area contributed by atoms with Crippen molar-refractivity contribution in [1.82, 2.24) is 0 Å². The van der Waals surface area contributed by atoms with Crippen LogP contribution in [0.15, 0.2) is 36.5 Å². The molecule has 7 atom stereocenters. The highest BCUT2D eigenvalue weighted by atomic mass is 14.5. The molecule has 2 fully saturated rings. The number of fused-ring (bicyclic) bond motifs is 7. The smallest absolute Gasteiger partial charge is 0.0133 e. The van der Waals surface area contributed by atoms with Gasteiger partial charge in [-0.15, -0.1) is 0 Å². The molecule has 0 aliphatic heterocycles. The summed E-state index contributed by atoms with van der Waals surface area (Å²) >= 11 is 0. The van der Waals surface area contributed by atoms with E-state index in [4.69, 9.17) is 0 Å². The first-order valence-corrected chi connectivity index (χ1v) is 7.84. The van der Waals surface area contributed by atoms with Crippen LogP contribution < -0.4 is 0 Å². The lowest BCUT2D eigenvalue weighted by Gasteiger charge is -2.18. The Balaban J connectivity index is 0.000000101. The van der Waals surface area contributed by atoms with Gasteiger partial charge in [-0.1, -0.05) is 43.4 Å². The molecule has 0 heterocycles. The lowest BCUT2D eigenvalue weighted by Crippen LogP contribution is -2.12. The number of hydrogen-bond acceptors (Lipinski definition) is 0. The molecule has 0 aromatic rings. The molecule has 5 aliphatic rings. The number of hydrogen-bond donors (Lipinski definition) is 0. The molecule has 0 aromatic carbocycles. The van der Waals surface area contributed by atoms with Gasteiger partial charge in [0, 0.05) is 0 Å². The topological polar surface area (TPSA) is 0 Å². The second-order valence-electron chi connectivity index (χ2n) is 7.11. The number of allylic oxidation sites excluding steroid dienone is 6. The van der Waals surface area contributed by atoms with Crippen molar-refractivity contribution >= 4 is 0 Å². The van der Waals surface area contributed by atoms with E-state index in [1.165, 1.54) is 25.7 Å². The zero-order valence-corrected chi connectivity index (χ0v) is 11.3. The molecule has 0 aromatic heterocycles. The van der Waals surface area contributed by atoms with Crippen molar-refractivity contribution in [2.24, 2.45) is 41.4 Å². The van der Waals surface area contributed by atoms with Crippen LogP contribution in [0.25, 0.3) is 0 Å². The minimum atomic E-state index is 0.925. The molecular weight excluding hydrogens is 216 g/mol. The van der Waals surface area contributed by atoms with Crippen LogP contribution in [-0.2, 0) is 0 Å². The number of rotatable bonds is 0. The third kappa shape index (κ3) is 1.65. The summed E-state index contributed by atoms with van der Waals surface area (Å²) in [4.78, 5) is 0. The third-order valence-corrected chi connectivity index (χ3v) is 6.07. The fourth-order valence-electron chi connectivity index (χ4n) is 5.03. The fourth-order valence-corrected chi connectivity index (χ4v) is 5.03. The van der Waals surface area contributed by atoms with Gasteiger partial charge >= 0.3 is 0 Å². The lowest BCUT2D eigenvalue weighted by molar-refractivity contribution is 0.398. The SMILES string of the molecule is C1=CC2C3C=CC(C3)C2C1.CC1CC2C=CC1C2. The van der Waals surface area contributed by atoms with Gasteiger partial charge in [-0.25, -0.2) is 0 Å². The molecule has 96 valence electrons. The lowest BCUT2D eigenvalue weighted by atomic mass is 9.86. The van der Waals surface area contributed by atoms with Crippen LogP contribution in [0.1, 0.15) is 32.6 Å². The Morgan fingerprint density at radius 1 is 0.778 bits per heavy atom. The van der Waals surface area contributed by atoms with Gasteiger partial charge in [-0.05, 0) is 67.1 Å². The Labute approximate surface area is 111 Å². The van der Waals surface area contributed by atoms with Crippen LogP contribution in [0.2, 0.25) is 0 Å². The summed E-state index contributed by atoms with van der Waals surface area (Å²) in [6, 6.07) is 0. The molecule has 0 nitrogen and oxygen atoms in total. The predicted molar refractivity (Wildman–Crippen MR) is 76.0 cm³/mol. The molecule has 18 heavy (non-hydrogen) atoms.